The third-order valence-corrected chi connectivity index (χ3v) is 3.54. The minimum atomic E-state index is -0.590. The second-order valence-corrected chi connectivity index (χ2v) is 6.36. The van der Waals surface area contributed by atoms with Gasteiger partial charge in [0.1, 0.15) is 12.7 Å². The topological polar surface area (TPSA) is 61.8 Å². The van der Waals surface area contributed by atoms with Crippen molar-refractivity contribution in [3.05, 3.63) is 12.2 Å². The Morgan fingerprint density at radius 2 is 1.78 bits per heavy atom. The Hall–Kier alpha value is -1.36. The molecule has 0 aliphatic carbocycles. The predicted octanol–water partition coefficient (Wildman–Crippen LogP) is 3.80. The number of carbonyl (C=O) groups is 2. The number of methoxy groups -OCH3 is 1. The number of esters is 2. The fraction of sp³-hybridized carbons (Fsp3) is 0.778. The maximum atomic E-state index is 11.9. The van der Waals surface area contributed by atoms with Crippen LogP contribution in [0.1, 0.15) is 66.2 Å². The second-order valence-electron chi connectivity index (χ2n) is 6.36. The van der Waals surface area contributed by atoms with E-state index in [1.807, 2.05) is 0 Å². The quantitative estimate of drug-likeness (QED) is 0.403. The average molecular weight is 328 g/mol. The molecule has 0 heterocycles. The molecule has 0 aromatic carbocycles. The minimum absolute atomic E-state index is 0.0799. The zero-order chi connectivity index (χ0) is 17.9. The lowest BCUT2D eigenvalue weighted by atomic mass is 10.1. The van der Waals surface area contributed by atoms with Crippen molar-refractivity contribution in [1.82, 2.24) is 0 Å². The van der Waals surface area contributed by atoms with Crippen LogP contribution < -0.4 is 0 Å². The molecule has 23 heavy (non-hydrogen) atoms. The average Bonchev–Trinajstić information content (AvgIpc) is 2.50. The first-order valence-electron chi connectivity index (χ1n) is 8.35. The lowest BCUT2D eigenvalue weighted by Gasteiger charge is -2.22. The Morgan fingerprint density at radius 1 is 1.13 bits per heavy atom. The molecule has 1 atom stereocenters. The molecule has 0 aliphatic rings. The van der Waals surface area contributed by atoms with Gasteiger partial charge in [-0.05, 0) is 26.7 Å². The largest absolute Gasteiger partial charge is 0.462 e. The molecule has 5 nitrogen and oxygen atoms in total. The zero-order valence-electron chi connectivity index (χ0n) is 15.3. The van der Waals surface area contributed by atoms with E-state index in [0.29, 0.717) is 0 Å². The molecule has 0 spiro atoms. The number of carbonyl (C=O) groups excluding carboxylic acids is 2. The Labute approximate surface area is 140 Å². The normalized spacial score (nSPS) is 12.6. The molecule has 5 heteroatoms. The van der Waals surface area contributed by atoms with Crippen molar-refractivity contribution >= 4 is 11.9 Å². The van der Waals surface area contributed by atoms with Crippen LogP contribution in [0, 0.1) is 0 Å². The number of unbranched alkanes of at least 4 members (excludes halogenated alkanes) is 1. The standard InChI is InChI=1S/C18H32O5/c1-7-9-11-15(10-8-2)23-16(19)12-14(3)17(20)22-13-18(4,5)21-6/h15H,3,7-13H2,1-2,4-6H3. The molecule has 0 N–H and O–H groups in total. The van der Waals surface area contributed by atoms with Gasteiger partial charge in [-0.25, -0.2) is 4.79 Å². The highest BCUT2D eigenvalue weighted by molar-refractivity contribution is 5.93. The van der Waals surface area contributed by atoms with Crippen LogP contribution in [0.15, 0.2) is 12.2 Å². The summed E-state index contributed by atoms with van der Waals surface area (Å²) in [5.74, 6) is -1.01. The summed E-state index contributed by atoms with van der Waals surface area (Å²) >= 11 is 0. The van der Waals surface area contributed by atoms with Crippen molar-refractivity contribution < 1.29 is 23.8 Å². The van der Waals surface area contributed by atoms with Crippen molar-refractivity contribution in [3.63, 3.8) is 0 Å². The molecule has 0 amide bonds. The van der Waals surface area contributed by atoms with Crippen LogP contribution >= 0.6 is 0 Å². The van der Waals surface area contributed by atoms with Crippen LogP contribution in [0.25, 0.3) is 0 Å². The Morgan fingerprint density at radius 3 is 2.30 bits per heavy atom. The summed E-state index contributed by atoms with van der Waals surface area (Å²) in [6.45, 7) is 11.5. The Kier molecular flexibility index (Phi) is 10.6. The van der Waals surface area contributed by atoms with E-state index in [9.17, 15) is 9.59 Å². The molecule has 0 bridgehead atoms. The summed E-state index contributed by atoms with van der Waals surface area (Å²) in [7, 11) is 1.55. The number of rotatable bonds is 12. The highest BCUT2D eigenvalue weighted by Crippen LogP contribution is 2.14. The molecule has 0 aromatic rings. The van der Waals surface area contributed by atoms with E-state index in [4.69, 9.17) is 14.2 Å². The molecule has 0 saturated heterocycles. The van der Waals surface area contributed by atoms with Crippen LogP contribution in [0.2, 0.25) is 0 Å². The van der Waals surface area contributed by atoms with Crippen LogP contribution in [0.3, 0.4) is 0 Å². The van der Waals surface area contributed by atoms with E-state index >= 15 is 0 Å². The second kappa shape index (κ2) is 11.2. The highest BCUT2D eigenvalue weighted by Gasteiger charge is 2.22. The molecule has 0 rings (SSSR count). The van der Waals surface area contributed by atoms with E-state index in [1.54, 1.807) is 21.0 Å². The van der Waals surface area contributed by atoms with Gasteiger partial charge in [-0.2, -0.15) is 0 Å². The van der Waals surface area contributed by atoms with Crippen molar-refractivity contribution in [3.8, 4) is 0 Å². The first-order valence-corrected chi connectivity index (χ1v) is 8.35. The molecule has 0 aromatic heterocycles. The first kappa shape index (κ1) is 21.6. The third-order valence-electron chi connectivity index (χ3n) is 3.54. The minimum Gasteiger partial charge on any atom is -0.462 e. The van der Waals surface area contributed by atoms with Gasteiger partial charge in [0.15, 0.2) is 0 Å². The summed E-state index contributed by atoms with van der Waals surface area (Å²) < 4.78 is 15.7. The maximum Gasteiger partial charge on any atom is 0.334 e. The zero-order valence-corrected chi connectivity index (χ0v) is 15.3. The van der Waals surface area contributed by atoms with E-state index in [-0.39, 0.29) is 24.7 Å². The lowest BCUT2D eigenvalue weighted by molar-refractivity contribution is -0.153. The van der Waals surface area contributed by atoms with Gasteiger partial charge in [0.2, 0.25) is 0 Å². The van der Waals surface area contributed by atoms with Crippen molar-refractivity contribution in [2.75, 3.05) is 13.7 Å². The van der Waals surface area contributed by atoms with Crippen LogP contribution in [0.5, 0.6) is 0 Å². The van der Waals surface area contributed by atoms with Crippen LogP contribution in [-0.2, 0) is 23.8 Å². The smallest absolute Gasteiger partial charge is 0.334 e. The van der Waals surface area contributed by atoms with E-state index in [1.165, 1.54) is 0 Å². The van der Waals surface area contributed by atoms with Gasteiger partial charge in [-0.15, -0.1) is 0 Å². The summed E-state index contributed by atoms with van der Waals surface area (Å²) in [5.41, 5.74) is -0.462. The monoisotopic (exact) mass is 328 g/mol. The molecule has 0 radical (unpaired) electrons. The first-order chi connectivity index (χ1) is 10.8. The van der Waals surface area contributed by atoms with Crippen LogP contribution in [-0.4, -0.2) is 37.4 Å². The summed E-state index contributed by atoms with van der Waals surface area (Å²) in [6.07, 6.45) is 4.51. The molecule has 1 unspecified atom stereocenters. The Balaban J connectivity index is 4.30. The molecule has 0 aliphatic heterocycles. The van der Waals surface area contributed by atoms with Crippen molar-refractivity contribution in [2.45, 2.75) is 77.9 Å². The van der Waals surface area contributed by atoms with Gasteiger partial charge < -0.3 is 14.2 Å². The predicted molar refractivity (Wildman–Crippen MR) is 90.1 cm³/mol. The van der Waals surface area contributed by atoms with Gasteiger partial charge in [0.25, 0.3) is 0 Å². The summed E-state index contributed by atoms with van der Waals surface area (Å²) in [5, 5.41) is 0. The van der Waals surface area contributed by atoms with E-state index in [0.717, 1.165) is 32.1 Å². The van der Waals surface area contributed by atoms with Gasteiger partial charge in [-0.1, -0.05) is 39.7 Å². The Bertz CT molecular complexity index is 387. The van der Waals surface area contributed by atoms with Gasteiger partial charge in [-0.3, -0.25) is 4.79 Å². The van der Waals surface area contributed by atoms with Gasteiger partial charge in [0, 0.05) is 12.7 Å². The summed E-state index contributed by atoms with van der Waals surface area (Å²) in [4.78, 5) is 23.8. The molecule has 134 valence electrons. The number of hydrogen-bond donors (Lipinski definition) is 0. The SMILES string of the molecule is C=C(CC(=O)OC(CCC)CCCC)C(=O)OCC(C)(C)OC. The third kappa shape index (κ3) is 10.1. The van der Waals surface area contributed by atoms with Crippen molar-refractivity contribution in [1.29, 1.82) is 0 Å². The molecular weight excluding hydrogens is 296 g/mol. The van der Waals surface area contributed by atoms with E-state index < -0.39 is 17.5 Å². The highest BCUT2D eigenvalue weighted by atomic mass is 16.6. The fourth-order valence-electron chi connectivity index (χ4n) is 1.89. The van der Waals surface area contributed by atoms with Gasteiger partial charge in [0.05, 0.1) is 12.0 Å². The maximum absolute atomic E-state index is 11.9. The van der Waals surface area contributed by atoms with Crippen LogP contribution in [0.4, 0.5) is 0 Å². The van der Waals surface area contributed by atoms with Gasteiger partial charge >= 0.3 is 11.9 Å². The fourth-order valence-corrected chi connectivity index (χ4v) is 1.89. The van der Waals surface area contributed by atoms with E-state index in [2.05, 4.69) is 20.4 Å². The van der Waals surface area contributed by atoms with Crippen molar-refractivity contribution in [2.24, 2.45) is 0 Å². The lowest BCUT2D eigenvalue weighted by Crippen LogP contribution is -2.31. The molecular formula is C18H32O5. The molecule has 0 saturated carbocycles. The molecule has 0 fully saturated rings. The summed E-state index contributed by atoms with van der Waals surface area (Å²) in [6, 6.07) is 0. The number of ether oxygens (including phenoxy) is 3. The number of hydrogen-bond acceptors (Lipinski definition) is 5.